The number of hydrogen-bond acceptors (Lipinski definition) is 7. The van der Waals surface area contributed by atoms with Crippen molar-refractivity contribution >= 4 is 29.7 Å². The first-order chi connectivity index (χ1) is 13.3. The third kappa shape index (κ3) is 6.41. The molecule has 2 rings (SSSR count). The number of carbonyl (C=O) groups excluding carboxylic acids is 3. The van der Waals surface area contributed by atoms with E-state index >= 15 is 0 Å². The zero-order chi connectivity index (χ0) is 20.7. The second-order valence-electron chi connectivity index (χ2n) is 6.38. The number of amides is 3. The Labute approximate surface area is 167 Å². The summed E-state index contributed by atoms with van der Waals surface area (Å²) in [4.78, 5) is 36.8. The molecule has 0 spiro atoms. The van der Waals surface area contributed by atoms with Gasteiger partial charge in [-0.3, -0.25) is 10.1 Å². The molecule has 3 amide bonds. The van der Waals surface area contributed by atoms with Crippen molar-refractivity contribution < 1.29 is 23.6 Å². The van der Waals surface area contributed by atoms with Crippen molar-refractivity contribution in [2.24, 2.45) is 0 Å². The van der Waals surface area contributed by atoms with E-state index in [-0.39, 0.29) is 6.04 Å². The van der Waals surface area contributed by atoms with Gasteiger partial charge in [0.2, 0.25) is 0 Å². The maximum absolute atomic E-state index is 12.5. The minimum absolute atomic E-state index is 0.122. The van der Waals surface area contributed by atoms with Gasteiger partial charge in [0.1, 0.15) is 5.76 Å². The molecule has 0 saturated heterocycles. The van der Waals surface area contributed by atoms with Gasteiger partial charge in [-0.1, -0.05) is 17.3 Å². The lowest BCUT2D eigenvalue weighted by Crippen LogP contribution is -2.46. The summed E-state index contributed by atoms with van der Waals surface area (Å²) >= 11 is 1.40. The van der Waals surface area contributed by atoms with Crippen LogP contribution in [-0.2, 0) is 15.3 Å². The van der Waals surface area contributed by atoms with Crippen molar-refractivity contribution in [2.45, 2.75) is 50.5 Å². The van der Waals surface area contributed by atoms with E-state index in [0.29, 0.717) is 22.0 Å². The molecule has 0 fully saturated rings. The maximum atomic E-state index is 12.5. The first-order valence-corrected chi connectivity index (χ1v) is 9.71. The average Bonchev–Trinajstić information content (AvgIpc) is 3.04. The average molecular weight is 405 g/mol. The molecule has 0 bridgehead atoms. The van der Waals surface area contributed by atoms with Crippen molar-refractivity contribution in [3.8, 4) is 0 Å². The number of urea groups is 1. The van der Waals surface area contributed by atoms with Crippen LogP contribution in [-0.4, -0.2) is 35.2 Å². The molecular weight excluding hydrogens is 382 g/mol. The first-order valence-electron chi connectivity index (χ1n) is 8.72. The summed E-state index contributed by atoms with van der Waals surface area (Å²) in [5.41, 5.74) is 1.11. The molecular formula is C19H23N3O5S. The lowest BCUT2D eigenvalue weighted by molar-refractivity contribution is -0.127. The lowest BCUT2D eigenvalue weighted by atomic mass is 10.2. The van der Waals surface area contributed by atoms with Crippen molar-refractivity contribution in [3.05, 3.63) is 47.3 Å². The van der Waals surface area contributed by atoms with E-state index in [1.165, 1.54) is 18.7 Å². The number of carbonyl (C=O) groups is 3. The van der Waals surface area contributed by atoms with Gasteiger partial charge >= 0.3 is 12.0 Å². The number of nitrogens with zero attached hydrogens (tertiary/aromatic N) is 1. The lowest BCUT2D eigenvalue weighted by Gasteiger charge is -2.15. The molecule has 2 aromatic rings. The second-order valence-corrected chi connectivity index (χ2v) is 7.40. The topological polar surface area (TPSA) is 111 Å². The van der Waals surface area contributed by atoms with Crippen LogP contribution in [0.25, 0.3) is 0 Å². The number of nitrogens with one attached hydrogen (secondary N) is 2. The number of rotatable bonds is 7. The Morgan fingerprint density at radius 3 is 2.57 bits per heavy atom. The zero-order valence-corrected chi connectivity index (χ0v) is 17.0. The Hall–Kier alpha value is -2.81. The summed E-state index contributed by atoms with van der Waals surface area (Å²) in [5, 5.41) is 8.50. The number of esters is 1. The Balaban J connectivity index is 1.97. The van der Waals surface area contributed by atoms with Crippen LogP contribution in [0.3, 0.4) is 0 Å². The monoisotopic (exact) mass is 405 g/mol. The summed E-state index contributed by atoms with van der Waals surface area (Å²) in [6, 6.07) is 7.97. The van der Waals surface area contributed by atoms with Crippen LogP contribution in [0.1, 0.15) is 42.6 Å². The van der Waals surface area contributed by atoms with Crippen molar-refractivity contribution in [2.75, 3.05) is 0 Å². The standard InChI is InChI=1S/C19H23N3O5S/c1-11(2)20-19(25)21-17(23)13(4)26-18(24)15-7-5-6-8-16(15)28-10-14-9-12(3)22-27-14/h5-9,11,13H,10H2,1-4H3,(H2,20,21,23,25). The van der Waals surface area contributed by atoms with Crippen LogP contribution in [0.4, 0.5) is 4.79 Å². The number of aryl methyl sites for hydroxylation is 1. The molecule has 1 aromatic carbocycles. The summed E-state index contributed by atoms with van der Waals surface area (Å²) in [6.07, 6.45) is -1.12. The number of hydrogen-bond donors (Lipinski definition) is 2. The highest BCUT2D eigenvalue weighted by Crippen LogP contribution is 2.27. The minimum Gasteiger partial charge on any atom is -0.449 e. The fourth-order valence-corrected chi connectivity index (χ4v) is 3.10. The summed E-state index contributed by atoms with van der Waals surface area (Å²) < 4.78 is 10.4. The largest absolute Gasteiger partial charge is 0.449 e. The minimum atomic E-state index is -1.12. The van der Waals surface area contributed by atoms with Crippen LogP contribution >= 0.6 is 11.8 Å². The SMILES string of the molecule is Cc1cc(CSc2ccccc2C(=O)OC(C)C(=O)NC(=O)NC(C)C)on1. The Morgan fingerprint density at radius 2 is 1.93 bits per heavy atom. The molecule has 0 aliphatic rings. The van der Waals surface area contributed by atoms with E-state index in [2.05, 4.69) is 15.8 Å². The van der Waals surface area contributed by atoms with Gasteiger partial charge in [-0.2, -0.15) is 0 Å². The van der Waals surface area contributed by atoms with E-state index in [9.17, 15) is 14.4 Å². The van der Waals surface area contributed by atoms with Crippen LogP contribution in [0.2, 0.25) is 0 Å². The summed E-state index contributed by atoms with van der Waals surface area (Å²) in [6.45, 7) is 6.77. The van der Waals surface area contributed by atoms with Gasteiger partial charge in [0, 0.05) is 17.0 Å². The van der Waals surface area contributed by atoms with E-state index in [1.54, 1.807) is 38.1 Å². The Morgan fingerprint density at radius 1 is 1.21 bits per heavy atom. The number of imide groups is 1. The predicted octanol–water partition coefficient (Wildman–Crippen LogP) is 3.05. The highest BCUT2D eigenvalue weighted by molar-refractivity contribution is 7.98. The first kappa shape index (κ1) is 21.5. The molecule has 1 atom stereocenters. The molecule has 0 aliphatic carbocycles. The molecule has 0 radical (unpaired) electrons. The molecule has 9 heteroatoms. The predicted molar refractivity (Wildman–Crippen MR) is 104 cm³/mol. The number of benzene rings is 1. The maximum Gasteiger partial charge on any atom is 0.340 e. The molecule has 0 aliphatic heterocycles. The normalized spacial score (nSPS) is 11.8. The molecule has 150 valence electrons. The highest BCUT2D eigenvalue weighted by atomic mass is 32.2. The third-order valence-corrected chi connectivity index (χ3v) is 4.56. The van der Waals surface area contributed by atoms with Crippen molar-refractivity contribution in [1.29, 1.82) is 0 Å². The Bertz CT molecular complexity index is 850. The highest BCUT2D eigenvalue weighted by Gasteiger charge is 2.22. The van der Waals surface area contributed by atoms with Crippen LogP contribution in [0.5, 0.6) is 0 Å². The van der Waals surface area contributed by atoms with Crippen LogP contribution in [0.15, 0.2) is 39.8 Å². The molecule has 1 aromatic heterocycles. The molecule has 1 unspecified atom stereocenters. The molecule has 1 heterocycles. The van der Waals surface area contributed by atoms with Gasteiger partial charge in [0.05, 0.1) is 17.0 Å². The van der Waals surface area contributed by atoms with Gasteiger partial charge < -0.3 is 14.6 Å². The van der Waals surface area contributed by atoms with Crippen molar-refractivity contribution in [1.82, 2.24) is 15.8 Å². The number of ether oxygens (including phenoxy) is 1. The van der Waals surface area contributed by atoms with E-state index < -0.39 is 24.0 Å². The van der Waals surface area contributed by atoms with Gasteiger partial charge in [-0.25, -0.2) is 9.59 Å². The van der Waals surface area contributed by atoms with Gasteiger partial charge in [0.15, 0.2) is 6.10 Å². The molecule has 0 saturated carbocycles. The quantitative estimate of drug-likeness (QED) is 0.538. The van der Waals surface area contributed by atoms with Crippen LogP contribution in [0, 0.1) is 6.92 Å². The van der Waals surface area contributed by atoms with E-state index in [0.717, 1.165) is 5.69 Å². The van der Waals surface area contributed by atoms with Crippen molar-refractivity contribution in [3.63, 3.8) is 0 Å². The summed E-state index contributed by atoms with van der Waals surface area (Å²) in [5.74, 6) is -0.164. The Kier molecular flexibility index (Phi) is 7.62. The van der Waals surface area contributed by atoms with Gasteiger partial charge in [-0.05, 0) is 39.8 Å². The summed E-state index contributed by atoms with van der Waals surface area (Å²) in [7, 11) is 0. The number of aromatic nitrogens is 1. The van der Waals surface area contributed by atoms with E-state index in [1.807, 2.05) is 13.0 Å². The van der Waals surface area contributed by atoms with E-state index in [4.69, 9.17) is 9.26 Å². The number of thioether (sulfide) groups is 1. The van der Waals surface area contributed by atoms with Gasteiger partial charge in [0.25, 0.3) is 5.91 Å². The fourth-order valence-electron chi connectivity index (χ4n) is 2.18. The van der Waals surface area contributed by atoms with Crippen LogP contribution < -0.4 is 10.6 Å². The molecule has 2 N–H and O–H groups in total. The molecule has 8 nitrogen and oxygen atoms in total. The fraction of sp³-hybridized carbons (Fsp3) is 0.368. The zero-order valence-electron chi connectivity index (χ0n) is 16.1. The smallest absolute Gasteiger partial charge is 0.340 e. The second kappa shape index (κ2) is 9.93. The van der Waals surface area contributed by atoms with Gasteiger partial charge in [-0.15, -0.1) is 11.8 Å². The molecule has 28 heavy (non-hydrogen) atoms. The third-order valence-electron chi connectivity index (χ3n) is 3.46.